The lowest BCUT2D eigenvalue weighted by Gasteiger charge is -2.21. The van der Waals surface area contributed by atoms with Crippen LogP contribution >= 0.6 is 0 Å². The summed E-state index contributed by atoms with van der Waals surface area (Å²) in [5, 5.41) is 3.82. The van der Waals surface area contributed by atoms with E-state index in [9.17, 15) is 0 Å². The van der Waals surface area contributed by atoms with Crippen molar-refractivity contribution in [2.24, 2.45) is 11.8 Å². The van der Waals surface area contributed by atoms with E-state index in [0.29, 0.717) is 23.6 Å². The van der Waals surface area contributed by atoms with Gasteiger partial charge < -0.3 is 9.26 Å². The van der Waals surface area contributed by atoms with Gasteiger partial charge in [-0.15, -0.1) is 0 Å². The first-order valence-electron chi connectivity index (χ1n) is 5.06. The van der Waals surface area contributed by atoms with Crippen LogP contribution in [0.2, 0.25) is 0 Å². The van der Waals surface area contributed by atoms with Crippen molar-refractivity contribution in [3.8, 4) is 5.88 Å². The fourth-order valence-corrected chi connectivity index (χ4v) is 1.95. The highest BCUT2D eigenvalue weighted by molar-refractivity contribution is 5.15. The van der Waals surface area contributed by atoms with Gasteiger partial charge in [-0.2, -0.15) is 0 Å². The number of hydrogen-bond donors (Lipinski definition) is 0. The van der Waals surface area contributed by atoms with Gasteiger partial charge in [-0.25, -0.2) is 0 Å². The van der Waals surface area contributed by atoms with Crippen LogP contribution in [0.15, 0.2) is 10.6 Å². The Morgan fingerprint density at radius 2 is 1.79 bits per heavy atom. The molecule has 1 rings (SSSR count). The molecule has 0 bridgehead atoms. The Hall–Kier alpha value is -0.990. The van der Waals surface area contributed by atoms with E-state index in [1.54, 1.807) is 7.11 Å². The highest BCUT2D eigenvalue weighted by Crippen LogP contribution is 2.33. The molecule has 0 radical (unpaired) electrons. The summed E-state index contributed by atoms with van der Waals surface area (Å²) in [6.07, 6.45) is 0. The van der Waals surface area contributed by atoms with Crippen LogP contribution in [-0.4, -0.2) is 12.3 Å². The molecule has 0 fully saturated rings. The van der Waals surface area contributed by atoms with E-state index in [1.807, 2.05) is 6.07 Å². The van der Waals surface area contributed by atoms with Crippen molar-refractivity contribution < 1.29 is 9.26 Å². The minimum atomic E-state index is 0.409. The van der Waals surface area contributed by atoms with Crippen LogP contribution in [0.25, 0.3) is 0 Å². The van der Waals surface area contributed by atoms with Crippen molar-refractivity contribution in [2.45, 2.75) is 33.6 Å². The van der Waals surface area contributed by atoms with Gasteiger partial charge in [0.15, 0.2) is 0 Å². The summed E-state index contributed by atoms with van der Waals surface area (Å²) in [6.45, 7) is 8.78. The van der Waals surface area contributed by atoms with Gasteiger partial charge in [-0.05, 0) is 17.0 Å². The summed E-state index contributed by atoms with van der Waals surface area (Å²) < 4.78 is 10.3. The highest BCUT2D eigenvalue weighted by atomic mass is 16.5. The normalized spacial score (nSPS) is 11.7. The Morgan fingerprint density at radius 3 is 2.14 bits per heavy atom. The molecule has 0 aliphatic carbocycles. The molecule has 0 saturated heterocycles. The Kier molecular flexibility index (Phi) is 3.55. The molecule has 0 aliphatic rings. The molecule has 0 unspecified atom stereocenters. The quantitative estimate of drug-likeness (QED) is 0.744. The van der Waals surface area contributed by atoms with E-state index in [2.05, 4.69) is 32.9 Å². The number of nitrogens with zero attached hydrogens (tertiary/aromatic N) is 1. The Labute approximate surface area is 85.4 Å². The van der Waals surface area contributed by atoms with Gasteiger partial charge in [0.1, 0.15) is 5.76 Å². The first-order valence-corrected chi connectivity index (χ1v) is 5.06. The fraction of sp³-hybridized carbons (Fsp3) is 0.727. The molecule has 0 amide bonds. The van der Waals surface area contributed by atoms with Crippen LogP contribution < -0.4 is 4.74 Å². The third-order valence-electron chi connectivity index (χ3n) is 2.48. The van der Waals surface area contributed by atoms with Crippen LogP contribution in [0, 0.1) is 11.8 Å². The van der Waals surface area contributed by atoms with Gasteiger partial charge in [0.2, 0.25) is 0 Å². The topological polar surface area (TPSA) is 35.3 Å². The maximum atomic E-state index is 5.27. The molecule has 3 nitrogen and oxygen atoms in total. The first-order chi connectivity index (χ1) is 6.56. The maximum Gasteiger partial charge on any atom is 0.254 e. The number of hydrogen-bond acceptors (Lipinski definition) is 3. The zero-order valence-corrected chi connectivity index (χ0v) is 9.57. The third kappa shape index (κ3) is 2.28. The molecule has 14 heavy (non-hydrogen) atoms. The van der Waals surface area contributed by atoms with Gasteiger partial charge in [0.25, 0.3) is 5.88 Å². The summed E-state index contributed by atoms with van der Waals surface area (Å²) in [7, 11) is 1.60. The minimum Gasteiger partial charge on any atom is -0.479 e. The summed E-state index contributed by atoms with van der Waals surface area (Å²) >= 11 is 0. The molecule has 0 spiro atoms. The monoisotopic (exact) mass is 197 g/mol. The number of rotatable bonds is 4. The van der Waals surface area contributed by atoms with E-state index >= 15 is 0 Å². The molecule has 3 heteroatoms. The van der Waals surface area contributed by atoms with Crippen molar-refractivity contribution in [1.29, 1.82) is 0 Å². The summed E-state index contributed by atoms with van der Waals surface area (Å²) in [5.74, 6) is 2.99. The van der Waals surface area contributed by atoms with E-state index in [4.69, 9.17) is 9.26 Å². The number of methoxy groups -OCH3 is 1. The molecular formula is C11H19NO2. The lowest BCUT2D eigenvalue weighted by molar-refractivity contribution is 0.274. The fourth-order valence-electron chi connectivity index (χ4n) is 1.95. The lowest BCUT2D eigenvalue weighted by Crippen LogP contribution is -2.12. The molecule has 0 aromatic carbocycles. The van der Waals surface area contributed by atoms with E-state index in [0.717, 1.165) is 5.76 Å². The van der Waals surface area contributed by atoms with Crippen molar-refractivity contribution in [3.05, 3.63) is 11.8 Å². The molecule has 1 aromatic heterocycles. The van der Waals surface area contributed by atoms with Crippen LogP contribution in [-0.2, 0) is 0 Å². The summed E-state index contributed by atoms with van der Waals surface area (Å²) in [6, 6.07) is 1.88. The van der Waals surface area contributed by atoms with Gasteiger partial charge in [-0.1, -0.05) is 27.7 Å². The van der Waals surface area contributed by atoms with Crippen molar-refractivity contribution >= 4 is 0 Å². The molecule has 0 N–H and O–H groups in total. The van der Waals surface area contributed by atoms with Crippen LogP contribution in [0.5, 0.6) is 5.88 Å². The first kappa shape index (κ1) is 11.1. The molecule has 1 heterocycles. The predicted octanol–water partition coefficient (Wildman–Crippen LogP) is 3.08. The molecule has 0 aliphatic heterocycles. The smallest absolute Gasteiger partial charge is 0.254 e. The van der Waals surface area contributed by atoms with E-state index < -0.39 is 0 Å². The average Bonchev–Trinajstić information content (AvgIpc) is 2.51. The minimum absolute atomic E-state index is 0.409. The van der Waals surface area contributed by atoms with Crippen LogP contribution in [0.1, 0.15) is 39.4 Å². The lowest BCUT2D eigenvalue weighted by atomic mass is 9.84. The molecule has 0 atom stereocenters. The number of aromatic nitrogens is 1. The third-order valence-corrected chi connectivity index (χ3v) is 2.48. The number of ether oxygens (including phenoxy) is 1. The average molecular weight is 197 g/mol. The second kappa shape index (κ2) is 4.49. The highest BCUT2D eigenvalue weighted by Gasteiger charge is 2.24. The zero-order chi connectivity index (χ0) is 10.7. The second-order valence-corrected chi connectivity index (χ2v) is 4.29. The largest absolute Gasteiger partial charge is 0.479 e. The van der Waals surface area contributed by atoms with Crippen molar-refractivity contribution in [2.75, 3.05) is 7.11 Å². The summed E-state index contributed by atoms with van der Waals surface area (Å²) in [4.78, 5) is 0. The standard InChI is InChI=1S/C11H19NO2/c1-7(2)11(8(3)4)9-6-10(13-5)12-14-9/h6-8,11H,1-5H3. The van der Waals surface area contributed by atoms with Gasteiger partial charge in [-0.3, -0.25) is 0 Å². The predicted molar refractivity (Wildman–Crippen MR) is 55.5 cm³/mol. The van der Waals surface area contributed by atoms with Gasteiger partial charge in [0, 0.05) is 12.0 Å². The van der Waals surface area contributed by atoms with E-state index in [-0.39, 0.29) is 0 Å². The molecule has 1 aromatic rings. The SMILES string of the molecule is COc1cc(C(C(C)C)C(C)C)on1. The maximum absolute atomic E-state index is 5.27. The van der Waals surface area contributed by atoms with Crippen molar-refractivity contribution in [3.63, 3.8) is 0 Å². The van der Waals surface area contributed by atoms with Gasteiger partial charge >= 0.3 is 0 Å². The Bertz CT molecular complexity index is 271. The zero-order valence-electron chi connectivity index (χ0n) is 9.57. The molecular weight excluding hydrogens is 178 g/mol. The Balaban J connectivity index is 2.88. The van der Waals surface area contributed by atoms with Gasteiger partial charge in [0.05, 0.1) is 7.11 Å². The molecule has 80 valence electrons. The summed E-state index contributed by atoms with van der Waals surface area (Å²) in [5.41, 5.74) is 0. The van der Waals surface area contributed by atoms with Crippen LogP contribution in [0.3, 0.4) is 0 Å². The second-order valence-electron chi connectivity index (χ2n) is 4.29. The van der Waals surface area contributed by atoms with Crippen LogP contribution in [0.4, 0.5) is 0 Å². The Morgan fingerprint density at radius 1 is 1.21 bits per heavy atom. The van der Waals surface area contributed by atoms with E-state index in [1.165, 1.54) is 0 Å². The van der Waals surface area contributed by atoms with Crippen molar-refractivity contribution in [1.82, 2.24) is 5.16 Å². The molecule has 0 saturated carbocycles.